The van der Waals surface area contributed by atoms with Crippen molar-refractivity contribution in [1.82, 2.24) is 14.5 Å². The van der Waals surface area contributed by atoms with Crippen LogP contribution in [0, 0.1) is 11.8 Å². The van der Waals surface area contributed by atoms with E-state index in [4.69, 9.17) is 16.6 Å². The quantitative estimate of drug-likeness (QED) is 0.714. The van der Waals surface area contributed by atoms with Gasteiger partial charge in [-0.25, -0.2) is 9.97 Å². The van der Waals surface area contributed by atoms with Crippen molar-refractivity contribution in [3.8, 4) is 0 Å². The van der Waals surface area contributed by atoms with E-state index >= 15 is 0 Å². The Labute approximate surface area is 139 Å². The molecule has 0 radical (unpaired) electrons. The van der Waals surface area contributed by atoms with E-state index in [0.717, 1.165) is 33.8 Å². The molecule has 0 saturated heterocycles. The predicted octanol–water partition coefficient (Wildman–Crippen LogP) is 4.97. The van der Waals surface area contributed by atoms with Gasteiger partial charge in [-0.05, 0) is 40.3 Å². The normalized spacial score (nSPS) is 26.4. The average molecular weight is 371 g/mol. The zero-order chi connectivity index (χ0) is 15.0. The molecule has 0 aliphatic heterocycles. The summed E-state index contributed by atoms with van der Waals surface area (Å²) in [7, 11) is 0. The highest BCUT2D eigenvalue weighted by Crippen LogP contribution is 2.39. The van der Waals surface area contributed by atoms with Gasteiger partial charge in [-0.15, -0.1) is 11.6 Å². The highest BCUT2D eigenvalue weighted by molar-refractivity contribution is 9.10. The molecule has 1 fully saturated rings. The molecule has 0 aromatic carbocycles. The van der Waals surface area contributed by atoms with E-state index in [2.05, 4.69) is 39.3 Å². The van der Waals surface area contributed by atoms with Gasteiger partial charge < -0.3 is 4.57 Å². The van der Waals surface area contributed by atoms with Crippen molar-refractivity contribution in [3.05, 3.63) is 22.6 Å². The lowest BCUT2D eigenvalue weighted by molar-refractivity contribution is 0.186. The van der Waals surface area contributed by atoms with Gasteiger partial charge in [0.2, 0.25) is 0 Å². The summed E-state index contributed by atoms with van der Waals surface area (Å²) in [4.78, 5) is 9.41. The van der Waals surface area contributed by atoms with Gasteiger partial charge in [-0.2, -0.15) is 0 Å². The van der Waals surface area contributed by atoms with Crippen molar-refractivity contribution >= 4 is 38.7 Å². The topological polar surface area (TPSA) is 30.7 Å². The SMILES string of the molecule is CC1CCCC(n2c(CCCl)nc3cc(Br)cnc32)C1C. The largest absolute Gasteiger partial charge is 0.309 e. The first-order valence-electron chi connectivity index (χ1n) is 7.70. The number of hydrogen-bond acceptors (Lipinski definition) is 2. The van der Waals surface area contributed by atoms with Crippen LogP contribution < -0.4 is 0 Å². The lowest BCUT2D eigenvalue weighted by atomic mass is 9.78. The highest BCUT2D eigenvalue weighted by atomic mass is 79.9. The smallest absolute Gasteiger partial charge is 0.160 e. The summed E-state index contributed by atoms with van der Waals surface area (Å²) in [6.45, 7) is 4.73. The zero-order valence-electron chi connectivity index (χ0n) is 12.5. The van der Waals surface area contributed by atoms with Crippen LogP contribution in [0.2, 0.25) is 0 Å². The third kappa shape index (κ3) is 2.85. The van der Waals surface area contributed by atoms with Gasteiger partial charge in [-0.1, -0.05) is 26.7 Å². The summed E-state index contributed by atoms with van der Waals surface area (Å²) in [5, 5.41) is 0. The lowest BCUT2D eigenvalue weighted by Crippen LogP contribution is -2.28. The Morgan fingerprint density at radius 2 is 2.19 bits per heavy atom. The van der Waals surface area contributed by atoms with Crippen LogP contribution >= 0.6 is 27.5 Å². The second kappa shape index (κ2) is 6.25. The third-order valence-electron chi connectivity index (χ3n) is 4.88. The van der Waals surface area contributed by atoms with Crippen molar-refractivity contribution in [3.63, 3.8) is 0 Å². The fourth-order valence-electron chi connectivity index (χ4n) is 3.53. The van der Waals surface area contributed by atoms with Crippen molar-refractivity contribution in [2.45, 2.75) is 45.6 Å². The van der Waals surface area contributed by atoms with Gasteiger partial charge in [0.1, 0.15) is 11.3 Å². The maximum absolute atomic E-state index is 5.99. The first-order chi connectivity index (χ1) is 10.1. The highest BCUT2D eigenvalue weighted by Gasteiger charge is 2.31. The lowest BCUT2D eigenvalue weighted by Gasteiger charge is -2.35. The summed E-state index contributed by atoms with van der Waals surface area (Å²) in [6, 6.07) is 2.54. The molecule has 1 saturated carbocycles. The van der Waals surface area contributed by atoms with E-state index in [-0.39, 0.29) is 0 Å². The number of hydrogen-bond donors (Lipinski definition) is 0. The van der Waals surface area contributed by atoms with Gasteiger partial charge in [0.05, 0.1) is 0 Å². The first-order valence-corrected chi connectivity index (χ1v) is 9.03. The summed E-state index contributed by atoms with van der Waals surface area (Å²) in [5.74, 6) is 3.08. The Bertz CT molecular complexity index is 640. The Kier molecular flexibility index (Phi) is 4.55. The molecular formula is C16H21BrClN3. The van der Waals surface area contributed by atoms with Crippen LogP contribution in [-0.2, 0) is 6.42 Å². The fraction of sp³-hybridized carbons (Fsp3) is 0.625. The molecule has 114 valence electrons. The van der Waals surface area contributed by atoms with Crippen LogP contribution in [0.1, 0.15) is 45.0 Å². The second-order valence-electron chi connectivity index (χ2n) is 6.17. The number of aromatic nitrogens is 3. The molecule has 2 aromatic rings. The summed E-state index contributed by atoms with van der Waals surface area (Å²) >= 11 is 9.47. The molecule has 5 heteroatoms. The molecule has 3 atom stereocenters. The number of alkyl halides is 1. The van der Waals surface area contributed by atoms with Crippen LogP contribution in [0.4, 0.5) is 0 Å². The second-order valence-corrected chi connectivity index (χ2v) is 7.46. The van der Waals surface area contributed by atoms with Gasteiger partial charge in [0.15, 0.2) is 5.65 Å². The maximum atomic E-state index is 5.99. The minimum absolute atomic E-state index is 0.491. The van der Waals surface area contributed by atoms with E-state index in [1.54, 1.807) is 0 Å². The Hall–Kier alpha value is -0.610. The van der Waals surface area contributed by atoms with Crippen molar-refractivity contribution in [2.75, 3.05) is 5.88 Å². The monoisotopic (exact) mass is 369 g/mol. The van der Waals surface area contributed by atoms with Crippen molar-refractivity contribution in [2.24, 2.45) is 11.8 Å². The minimum Gasteiger partial charge on any atom is -0.309 e. The van der Waals surface area contributed by atoms with E-state index in [0.29, 0.717) is 17.8 Å². The minimum atomic E-state index is 0.491. The van der Waals surface area contributed by atoms with E-state index < -0.39 is 0 Å². The van der Waals surface area contributed by atoms with Crippen LogP contribution in [0.15, 0.2) is 16.7 Å². The van der Waals surface area contributed by atoms with Gasteiger partial charge >= 0.3 is 0 Å². The van der Waals surface area contributed by atoms with Crippen LogP contribution in [-0.4, -0.2) is 20.4 Å². The van der Waals surface area contributed by atoms with Gasteiger partial charge in [0.25, 0.3) is 0 Å². The molecule has 21 heavy (non-hydrogen) atoms. The summed E-state index contributed by atoms with van der Waals surface area (Å²) < 4.78 is 3.34. The van der Waals surface area contributed by atoms with Crippen LogP contribution in [0.3, 0.4) is 0 Å². The molecule has 2 aromatic heterocycles. The molecule has 3 unspecified atom stereocenters. The molecule has 0 N–H and O–H groups in total. The standard InChI is InChI=1S/C16H21BrClN3/c1-10-4-3-5-14(11(10)2)21-15(6-7-18)20-13-8-12(17)9-19-16(13)21/h8-11,14H,3-7H2,1-2H3. The van der Waals surface area contributed by atoms with Gasteiger partial charge in [0, 0.05) is 29.0 Å². The van der Waals surface area contributed by atoms with Crippen molar-refractivity contribution < 1.29 is 0 Å². The third-order valence-corrected chi connectivity index (χ3v) is 5.51. The average Bonchev–Trinajstić information content (AvgIpc) is 2.79. The van der Waals surface area contributed by atoms with E-state index in [1.165, 1.54) is 19.3 Å². The first kappa shape index (κ1) is 15.3. The Balaban J connectivity index is 2.12. The molecule has 1 aliphatic carbocycles. The number of pyridine rings is 1. The molecule has 0 spiro atoms. The molecule has 0 bridgehead atoms. The molecule has 3 rings (SSSR count). The molecular weight excluding hydrogens is 350 g/mol. The van der Waals surface area contributed by atoms with Crippen LogP contribution in [0.25, 0.3) is 11.2 Å². The molecule has 0 amide bonds. The molecule has 3 nitrogen and oxygen atoms in total. The van der Waals surface area contributed by atoms with Gasteiger partial charge in [-0.3, -0.25) is 0 Å². The Morgan fingerprint density at radius 1 is 1.38 bits per heavy atom. The van der Waals surface area contributed by atoms with E-state index in [1.807, 2.05) is 12.3 Å². The van der Waals surface area contributed by atoms with Crippen molar-refractivity contribution in [1.29, 1.82) is 0 Å². The number of nitrogens with zero attached hydrogens (tertiary/aromatic N) is 3. The summed E-state index contributed by atoms with van der Waals surface area (Å²) in [6.07, 6.45) is 6.49. The number of aryl methyl sites for hydroxylation is 1. The predicted molar refractivity (Wildman–Crippen MR) is 90.9 cm³/mol. The zero-order valence-corrected chi connectivity index (χ0v) is 14.9. The maximum Gasteiger partial charge on any atom is 0.160 e. The number of fused-ring (bicyclic) bond motifs is 1. The summed E-state index contributed by atoms with van der Waals surface area (Å²) in [5.41, 5.74) is 1.97. The number of imidazole rings is 1. The molecule has 1 aliphatic rings. The number of halogens is 2. The molecule has 2 heterocycles. The van der Waals surface area contributed by atoms with Crippen LogP contribution in [0.5, 0.6) is 0 Å². The Morgan fingerprint density at radius 3 is 2.95 bits per heavy atom. The van der Waals surface area contributed by atoms with E-state index in [9.17, 15) is 0 Å². The number of rotatable bonds is 3. The fourth-order valence-corrected chi connectivity index (χ4v) is 4.02.